The number of H-pyrrole nitrogens is 1. The summed E-state index contributed by atoms with van der Waals surface area (Å²) >= 11 is 0. The average molecular weight is 397 g/mol. The van der Waals surface area contributed by atoms with Gasteiger partial charge in [-0.15, -0.1) is 0 Å². The number of benzene rings is 3. The number of aryl methyl sites for hydroxylation is 1. The smallest absolute Gasteiger partial charge is 0.277 e. The lowest BCUT2D eigenvalue weighted by atomic mass is 9.95. The Morgan fingerprint density at radius 1 is 0.933 bits per heavy atom. The fourth-order valence-corrected chi connectivity index (χ4v) is 3.29. The van der Waals surface area contributed by atoms with Crippen molar-refractivity contribution in [1.29, 1.82) is 0 Å². The van der Waals surface area contributed by atoms with E-state index in [1.54, 1.807) is 12.1 Å². The van der Waals surface area contributed by atoms with E-state index >= 15 is 0 Å². The molecule has 0 atom stereocenters. The summed E-state index contributed by atoms with van der Waals surface area (Å²) < 4.78 is 0. The van der Waals surface area contributed by atoms with E-state index in [9.17, 15) is 14.7 Å². The van der Waals surface area contributed by atoms with Crippen LogP contribution in [0.1, 0.15) is 15.9 Å². The number of carbonyl (C=O) groups is 1. The highest BCUT2D eigenvalue weighted by molar-refractivity contribution is 6.10. The van der Waals surface area contributed by atoms with Gasteiger partial charge in [0.15, 0.2) is 0 Å². The second-order valence-electron chi connectivity index (χ2n) is 6.86. The van der Waals surface area contributed by atoms with Crippen LogP contribution in [0.5, 0.6) is 5.75 Å². The van der Waals surface area contributed by atoms with Crippen LogP contribution in [-0.4, -0.2) is 21.2 Å². The second kappa shape index (κ2) is 8.05. The number of aromatic nitrogens is 2. The number of amides is 1. The van der Waals surface area contributed by atoms with Crippen molar-refractivity contribution < 1.29 is 9.90 Å². The van der Waals surface area contributed by atoms with Crippen LogP contribution >= 0.6 is 0 Å². The zero-order chi connectivity index (χ0) is 21.1. The van der Waals surface area contributed by atoms with Gasteiger partial charge < -0.3 is 10.4 Å². The lowest BCUT2D eigenvalue weighted by Gasteiger charge is -2.14. The number of anilines is 1. The maximum atomic E-state index is 13.2. The number of hydrogen-bond donors (Lipinski definition) is 3. The number of phenolic OH excluding ortho intramolecular Hbond substituents is 1. The van der Waals surface area contributed by atoms with Crippen molar-refractivity contribution in [3.05, 3.63) is 100 Å². The Morgan fingerprint density at radius 2 is 1.57 bits per heavy atom. The molecule has 0 fully saturated rings. The van der Waals surface area contributed by atoms with E-state index in [1.165, 1.54) is 6.07 Å². The van der Waals surface area contributed by atoms with Gasteiger partial charge in [0, 0.05) is 11.1 Å². The first-order chi connectivity index (χ1) is 14.5. The van der Waals surface area contributed by atoms with Gasteiger partial charge in [-0.1, -0.05) is 66.7 Å². The molecule has 148 valence electrons. The van der Waals surface area contributed by atoms with Crippen molar-refractivity contribution in [1.82, 2.24) is 10.2 Å². The maximum absolute atomic E-state index is 13.2. The average Bonchev–Trinajstić information content (AvgIpc) is 2.77. The molecule has 0 radical (unpaired) electrons. The van der Waals surface area contributed by atoms with Crippen molar-refractivity contribution in [2.75, 3.05) is 5.32 Å². The number of hydrogen-bond acceptors (Lipinski definition) is 4. The molecule has 0 saturated heterocycles. The Morgan fingerprint density at radius 3 is 2.23 bits per heavy atom. The molecule has 1 aromatic heterocycles. The van der Waals surface area contributed by atoms with E-state index in [4.69, 9.17) is 0 Å². The summed E-state index contributed by atoms with van der Waals surface area (Å²) in [5.41, 5.74) is 2.77. The lowest BCUT2D eigenvalue weighted by Crippen LogP contribution is -2.26. The van der Waals surface area contributed by atoms with Crippen LogP contribution in [0.25, 0.3) is 22.4 Å². The van der Waals surface area contributed by atoms with Crippen molar-refractivity contribution in [2.24, 2.45) is 0 Å². The fourth-order valence-electron chi connectivity index (χ4n) is 3.29. The summed E-state index contributed by atoms with van der Waals surface area (Å²) in [6.07, 6.45) is 0. The van der Waals surface area contributed by atoms with Crippen LogP contribution in [0, 0.1) is 6.92 Å². The molecular weight excluding hydrogens is 378 g/mol. The molecule has 30 heavy (non-hydrogen) atoms. The van der Waals surface area contributed by atoms with E-state index in [0.29, 0.717) is 16.8 Å². The van der Waals surface area contributed by atoms with Crippen LogP contribution in [0.2, 0.25) is 0 Å². The van der Waals surface area contributed by atoms with E-state index in [-0.39, 0.29) is 17.0 Å². The minimum Gasteiger partial charge on any atom is -0.506 e. The highest BCUT2D eigenvalue weighted by Crippen LogP contribution is 2.32. The highest BCUT2D eigenvalue weighted by atomic mass is 16.3. The Labute approximate surface area is 172 Å². The standard InChI is InChI=1S/C24H19N3O3/c1-15-12-13-19(28)18(14-15)25-23(29)21-20(16-8-4-2-5-9-16)22(26-27-24(21)30)17-10-6-3-7-11-17/h2-14,28H,1H3,(H,25,29)(H,27,30). The molecule has 0 aliphatic heterocycles. The molecule has 4 aromatic rings. The lowest BCUT2D eigenvalue weighted by molar-refractivity contribution is 0.102. The highest BCUT2D eigenvalue weighted by Gasteiger charge is 2.23. The minimum atomic E-state index is -0.629. The minimum absolute atomic E-state index is 0.0732. The van der Waals surface area contributed by atoms with Gasteiger partial charge >= 0.3 is 0 Å². The van der Waals surface area contributed by atoms with Crippen LogP contribution in [0.3, 0.4) is 0 Å². The predicted molar refractivity (Wildman–Crippen MR) is 117 cm³/mol. The fraction of sp³-hybridized carbons (Fsp3) is 0.0417. The summed E-state index contributed by atoms with van der Waals surface area (Å²) in [4.78, 5) is 25.9. The molecule has 0 bridgehead atoms. The number of rotatable bonds is 4. The monoisotopic (exact) mass is 397 g/mol. The Bertz CT molecular complexity index is 1270. The predicted octanol–water partition coefficient (Wildman–Crippen LogP) is 4.37. The van der Waals surface area contributed by atoms with Gasteiger partial charge in [-0.2, -0.15) is 5.10 Å². The molecule has 0 aliphatic rings. The molecule has 0 spiro atoms. The normalized spacial score (nSPS) is 10.6. The van der Waals surface area contributed by atoms with Gasteiger partial charge in [-0.3, -0.25) is 9.59 Å². The van der Waals surface area contributed by atoms with Crippen molar-refractivity contribution >= 4 is 11.6 Å². The number of aromatic hydroxyl groups is 1. The third kappa shape index (κ3) is 3.71. The third-order valence-corrected chi connectivity index (χ3v) is 4.72. The van der Waals surface area contributed by atoms with Gasteiger partial charge in [0.1, 0.15) is 11.3 Å². The molecule has 0 unspecified atom stereocenters. The molecule has 6 heteroatoms. The molecule has 4 rings (SSSR count). The number of carbonyl (C=O) groups excluding carboxylic acids is 1. The topological polar surface area (TPSA) is 95.1 Å². The Hall–Kier alpha value is -4.19. The number of phenols is 1. The van der Waals surface area contributed by atoms with Crippen LogP contribution < -0.4 is 10.9 Å². The summed E-state index contributed by atoms with van der Waals surface area (Å²) in [5, 5.41) is 19.4. The van der Waals surface area contributed by atoms with Gasteiger partial charge in [-0.25, -0.2) is 5.10 Å². The van der Waals surface area contributed by atoms with Crippen molar-refractivity contribution in [3.63, 3.8) is 0 Å². The first kappa shape index (κ1) is 19.1. The summed E-state index contributed by atoms with van der Waals surface area (Å²) in [5.74, 6) is -0.709. The second-order valence-corrected chi connectivity index (χ2v) is 6.86. The quantitative estimate of drug-likeness (QED) is 0.446. The molecule has 0 aliphatic carbocycles. The molecule has 3 aromatic carbocycles. The van der Waals surface area contributed by atoms with Gasteiger partial charge in [0.25, 0.3) is 11.5 Å². The Kier molecular flexibility index (Phi) is 5.13. The van der Waals surface area contributed by atoms with Crippen LogP contribution in [-0.2, 0) is 0 Å². The van der Waals surface area contributed by atoms with Crippen LogP contribution in [0.4, 0.5) is 5.69 Å². The molecule has 0 saturated carbocycles. The van der Waals surface area contributed by atoms with Crippen molar-refractivity contribution in [2.45, 2.75) is 6.92 Å². The zero-order valence-corrected chi connectivity index (χ0v) is 16.2. The molecule has 1 heterocycles. The maximum Gasteiger partial charge on any atom is 0.277 e. The number of aromatic amines is 1. The molecule has 1 amide bonds. The first-order valence-corrected chi connectivity index (χ1v) is 9.39. The third-order valence-electron chi connectivity index (χ3n) is 4.72. The number of nitrogens with one attached hydrogen (secondary N) is 2. The molecule has 3 N–H and O–H groups in total. The number of nitrogens with zero attached hydrogens (tertiary/aromatic N) is 1. The zero-order valence-electron chi connectivity index (χ0n) is 16.2. The van der Waals surface area contributed by atoms with Crippen LogP contribution in [0.15, 0.2) is 83.7 Å². The first-order valence-electron chi connectivity index (χ1n) is 9.39. The Balaban J connectivity index is 1.92. The SMILES string of the molecule is Cc1ccc(O)c(NC(=O)c2c(-c3ccccc3)c(-c3ccccc3)n[nH]c2=O)c1. The van der Waals surface area contributed by atoms with Gasteiger partial charge in [-0.05, 0) is 30.2 Å². The van der Waals surface area contributed by atoms with Gasteiger partial charge in [0.05, 0.1) is 11.4 Å². The van der Waals surface area contributed by atoms with E-state index < -0.39 is 11.5 Å². The van der Waals surface area contributed by atoms with Gasteiger partial charge in [0.2, 0.25) is 0 Å². The van der Waals surface area contributed by atoms with E-state index in [0.717, 1.165) is 11.1 Å². The summed E-state index contributed by atoms with van der Waals surface area (Å²) in [7, 11) is 0. The van der Waals surface area contributed by atoms with E-state index in [2.05, 4.69) is 15.5 Å². The summed E-state index contributed by atoms with van der Waals surface area (Å²) in [6.45, 7) is 1.84. The van der Waals surface area contributed by atoms with E-state index in [1.807, 2.05) is 67.6 Å². The molecular formula is C24H19N3O3. The summed E-state index contributed by atoms with van der Waals surface area (Å²) in [6, 6.07) is 23.4. The largest absolute Gasteiger partial charge is 0.506 e. The molecule has 6 nitrogen and oxygen atoms in total. The van der Waals surface area contributed by atoms with Crippen molar-refractivity contribution in [3.8, 4) is 28.1 Å².